The molecule has 4 rings (SSSR count). The summed E-state index contributed by atoms with van der Waals surface area (Å²) in [4.78, 5) is 0.217. The van der Waals surface area contributed by atoms with E-state index in [4.69, 9.17) is 15.2 Å². The Hall–Kier alpha value is -2.09. The van der Waals surface area contributed by atoms with E-state index in [0.717, 1.165) is 11.1 Å². The Balaban J connectivity index is 1.73. The number of ether oxygens (including phenoxy) is 2. The summed E-state index contributed by atoms with van der Waals surface area (Å²) in [6, 6.07) is 11.9. The van der Waals surface area contributed by atoms with Crippen LogP contribution in [0.3, 0.4) is 0 Å². The Morgan fingerprint density at radius 1 is 1.16 bits per heavy atom. The van der Waals surface area contributed by atoms with Crippen molar-refractivity contribution in [3.05, 3.63) is 53.6 Å². The van der Waals surface area contributed by atoms with E-state index < -0.39 is 33.2 Å². The molecule has 1 aliphatic carbocycles. The molecule has 0 amide bonds. The van der Waals surface area contributed by atoms with Crippen LogP contribution in [0.2, 0.25) is 0 Å². The van der Waals surface area contributed by atoms with Crippen LogP contribution in [0.4, 0.5) is 0 Å². The monoisotopic (exact) mass is 361 g/mol. The van der Waals surface area contributed by atoms with Crippen molar-refractivity contribution < 1.29 is 23.0 Å². The van der Waals surface area contributed by atoms with Crippen LogP contribution in [0.25, 0.3) is 0 Å². The molecule has 1 aliphatic heterocycles. The largest absolute Gasteiger partial charge is 0.454 e. The van der Waals surface area contributed by atoms with Gasteiger partial charge in [-0.3, -0.25) is 0 Å². The zero-order valence-corrected chi connectivity index (χ0v) is 14.5. The SMILES string of the molecule is Cc1ccc(S(=O)(=O)C2C(c3ccc4c(c3)OCO4)C2(N)CO)cc1. The number of hydrogen-bond acceptors (Lipinski definition) is 6. The predicted octanol–water partition coefficient (Wildman–Crippen LogP) is 1.35. The first-order valence-electron chi connectivity index (χ1n) is 7.98. The minimum Gasteiger partial charge on any atom is -0.454 e. The highest BCUT2D eigenvalue weighted by atomic mass is 32.2. The summed E-state index contributed by atoms with van der Waals surface area (Å²) in [5.41, 5.74) is 6.75. The van der Waals surface area contributed by atoms with Crippen molar-refractivity contribution in [2.24, 2.45) is 5.73 Å². The van der Waals surface area contributed by atoms with Gasteiger partial charge < -0.3 is 20.3 Å². The van der Waals surface area contributed by atoms with Crippen LogP contribution in [0.1, 0.15) is 17.0 Å². The maximum atomic E-state index is 13.1. The van der Waals surface area contributed by atoms with Crippen molar-refractivity contribution in [3.63, 3.8) is 0 Å². The number of aryl methyl sites for hydroxylation is 1. The minimum absolute atomic E-state index is 0.141. The van der Waals surface area contributed by atoms with E-state index >= 15 is 0 Å². The van der Waals surface area contributed by atoms with Crippen molar-refractivity contribution >= 4 is 9.84 Å². The highest BCUT2D eigenvalue weighted by Gasteiger charge is 2.69. The fraction of sp³-hybridized carbons (Fsp3) is 0.333. The van der Waals surface area contributed by atoms with Crippen LogP contribution >= 0.6 is 0 Å². The van der Waals surface area contributed by atoms with E-state index in [0.29, 0.717) is 11.5 Å². The Kier molecular flexibility index (Phi) is 3.57. The fourth-order valence-electron chi connectivity index (χ4n) is 3.55. The molecule has 0 bridgehead atoms. The summed E-state index contributed by atoms with van der Waals surface area (Å²) in [7, 11) is -3.67. The zero-order valence-electron chi connectivity index (χ0n) is 13.7. The molecule has 3 N–H and O–H groups in total. The maximum Gasteiger partial charge on any atom is 0.231 e. The smallest absolute Gasteiger partial charge is 0.231 e. The first kappa shape index (κ1) is 16.4. The quantitative estimate of drug-likeness (QED) is 0.853. The zero-order chi connectivity index (χ0) is 17.8. The Bertz CT molecular complexity index is 925. The number of sulfone groups is 1. The van der Waals surface area contributed by atoms with Gasteiger partial charge in [0.25, 0.3) is 0 Å². The van der Waals surface area contributed by atoms with Gasteiger partial charge in [-0.15, -0.1) is 0 Å². The van der Waals surface area contributed by atoms with Crippen LogP contribution in [0, 0.1) is 6.92 Å². The van der Waals surface area contributed by atoms with Gasteiger partial charge in [0.1, 0.15) is 0 Å². The van der Waals surface area contributed by atoms with E-state index in [1.165, 1.54) is 0 Å². The summed E-state index contributed by atoms with van der Waals surface area (Å²) in [5.74, 6) is 0.684. The second kappa shape index (κ2) is 5.45. The van der Waals surface area contributed by atoms with Crippen molar-refractivity contribution in [1.82, 2.24) is 0 Å². The number of nitrogens with two attached hydrogens (primary N) is 1. The molecule has 0 radical (unpaired) electrons. The van der Waals surface area contributed by atoms with Gasteiger partial charge in [-0.05, 0) is 36.8 Å². The summed E-state index contributed by atoms with van der Waals surface area (Å²) in [6.07, 6.45) is 0. The van der Waals surface area contributed by atoms with E-state index in [2.05, 4.69) is 0 Å². The molecule has 0 spiro atoms. The second-order valence-corrected chi connectivity index (χ2v) is 8.71. The van der Waals surface area contributed by atoms with Gasteiger partial charge in [-0.1, -0.05) is 23.8 Å². The lowest BCUT2D eigenvalue weighted by Gasteiger charge is -2.08. The molecule has 3 atom stereocenters. The van der Waals surface area contributed by atoms with Gasteiger partial charge in [0.2, 0.25) is 6.79 Å². The number of aliphatic hydroxyl groups excluding tert-OH is 1. The molecule has 7 heteroatoms. The Morgan fingerprint density at radius 2 is 1.84 bits per heavy atom. The van der Waals surface area contributed by atoms with Crippen LogP contribution in [0.15, 0.2) is 47.4 Å². The molecule has 1 heterocycles. The third kappa shape index (κ3) is 2.42. The summed E-state index contributed by atoms with van der Waals surface area (Å²) in [5, 5.41) is 8.89. The van der Waals surface area contributed by atoms with Crippen LogP contribution in [-0.2, 0) is 9.84 Å². The predicted molar refractivity (Wildman–Crippen MR) is 91.5 cm³/mol. The lowest BCUT2D eigenvalue weighted by atomic mass is 10.1. The molecule has 2 aromatic rings. The highest BCUT2D eigenvalue weighted by molar-refractivity contribution is 7.92. The van der Waals surface area contributed by atoms with Crippen molar-refractivity contribution in [1.29, 1.82) is 0 Å². The minimum atomic E-state index is -3.67. The average Bonchev–Trinajstić information content (AvgIpc) is 2.99. The Morgan fingerprint density at radius 3 is 2.52 bits per heavy atom. The van der Waals surface area contributed by atoms with E-state index in [1.807, 2.05) is 6.92 Å². The number of fused-ring (bicyclic) bond motifs is 1. The molecule has 3 unspecified atom stereocenters. The molecule has 1 saturated carbocycles. The number of benzene rings is 2. The normalized spacial score (nSPS) is 27.3. The highest BCUT2D eigenvalue weighted by Crippen LogP contribution is 2.56. The van der Waals surface area contributed by atoms with E-state index in [9.17, 15) is 13.5 Å². The number of aliphatic hydroxyl groups is 1. The molecule has 0 aromatic heterocycles. The molecular formula is C18H19NO5S. The van der Waals surface area contributed by atoms with Crippen LogP contribution in [0.5, 0.6) is 11.5 Å². The summed E-state index contributed by atoms with van der Waals surface area (Å²) >= 11 is 0. The van der Waals surface area contributed by atoms with Crippen LogP contribution in [-0.4, -0.2) is 37.7 Å². The van der Waals surface area contributed by atoms with Gasteiger partial charge in [0, 0.05) is 5.92 Å². The lowest BCUT2D eigenvalue weighted by molar-refractivity contribution is 0.174. The first-order valence-corrected chi connectivity index (χ1v) is 9.52. The average molecular weight is 361 g/mol. The maximum absolute atomic E-state index is 13.1. The fourth-order valence-corrected chi connectivity index (χ4v) is 5.84. The standard InChI is InChI=1S/C18H19NO5S/c1-11-2-5-13(6-3-11)25(21,22)17-16(18(17,19)9-20)12-4-7-14-15(8-12)24-10-23-14/h2-8,16-17,20H,9-10,19H2,1H3. The van der Waals surface area contributed by atoms with Gasteiger partial charge >= 0.3 is 0 Å². The molecule has 2 aromatic carbocycles. The molecular weight excluding hydrogens is 342 g/mol. The molecule has 1 fully saturated rings. The molecule has 6 nitrogen and oxygen atoms in total. The first-order chi connectivity index (χ1) is 11.9. The molecule has 25 heavy (non-hydrogen) atoms. The topological polar surface area (TPSA) is 98.9 Å². The van der Waals surface area contributed by atoms with E-state index in [1.54, 1.807) is 42.5 Å². The summed E-state index contributed by atoms with van der Waals surface area (Å²) < 4.78 is 36.7. The number of hydrogen-bond donors (Lipinski definition) is 2. The molecule has 132 valence electrons. The molecule has 0 saturated heterocycles. The van der Waals surface area contributed by atoms with Gasteiger partial charge in [-0.2, -0.15) is 0 Å². The van der Waals surface area contributed by atoms with Gasteiger partial charge in [0.15, 0.2) is 21.3 Å². The Labute approximate surface area is 146 Å². The molecule has 2 aliphatic rings. The lowest BCUT2D eigenvalue weighted by Crippen LogP contribution is -2.35. The van der Waals surface area contributed by atoms with E-state index in [-0.39, 0.29) is 11.7 Å². The van der Waals surface area contributed by atoms with Crippen molar-refractivity contribution in [3.8, 4) is 11.5 Å². The van der Waals surface area contributed by atoms with Crippen LogP contribution < -0.4 is 15.2 Å². The summed E-state index contributed by atoms with van der Waals surface area (Å²) in [6.45, 7) is 1.62. The third-order valence-corrected chi connectivity index (χ3v) is 7.32. The number of rotatable bonds is 4. The van der Waals surface area contributed by atoms with Crippen molar-refractivity contribution in [2.75, 3.05) is 13.4 Å². The third-order valence-electron chi connectivity index (χ3n) is 5.02. The van der Waals surface area contributed by atoms with Gasteiger partial charge in [0.05, 0.1) is 22.3 Å². The van der Waals surface area contributed by atoms with Gasteiger partial charge in [-0.25, -0.2) is 8.42 Å². The van der Waals surface area contributed by atoms with Crippen molar-refractivity contribution in [2.45, 2.75) is 28.5 Å². The second-order valence-electron chi connectivity index (χ2n) is 6.64.